The van der Waals surface area contributed by atoms with Crippen LogP contribution in [0.5, 0.6) is 0 Å². The second-order valence-corrected chi connectivity index (χ2v) is 6.40. The van der Waals surface area contributed by atoms with Crippen LogP contribution in [0.15, 0.2) is 48.5 Å². The maximum atomic E-state index is 12.6. The van der Waals surface area contributed by atoms with Gasteiger partial charge in [-0.25, -0.2) is 0 Å². The Kier molecular flexibility index (Phi) is 4.65. The van der Waals surface area contributed by atoms with Crippen LogP contribution in [-0.4, -0.2) is 29.9 Å². The van der Waals surface area contributed by atoms with E-state index in [1.54, 1.807) is 0 Å². The lowest BCUT2D eigenvalue weighted by Crippen LogP contribution is -2.45. The molecular formula is C20H24N2O. The van der Waals surface area contributed by atoms with Crippen molar-refractivity contribution in [2.45, 2.75) is 32.7 Å². The number of rotatable bonds is 3. The molecule has 3 heteroatoms. The zero-order chi connectivity index (χ0) is 16.2. The van der Waals surface area contributed by atoms with Crippen molar-refractivity contribution in [2.75, 3.05) is 18.4 Å². The molecule has 0 radical (unpaired) electrons. The van der Waals surface area contributed by atoms with Crippen molar-refractivity contribution in [3.63, 3.8) is 0 Å². The monoisotopic (exact) mass is 308 g/mol. The van der Waals surface area contributed by atoms with Gasteiger partial charge < -0.3 is 10.2 Å². The molecule has 0 saturated carbocycles. The Morgan fingerprint density at radius 2 is 1.87 bits per heavy atom. The van der Waals surface area contributed by atoms with Crippen LogP contribution in [0, 0.1) is 13.8 Å². The third-order valence-electron chi connectivity index (χ3n) is 4.61. The number of benzene rings is 2. The number of nitrogens with zero attached hydrogens (tertiary/aromatic N) is 1. The largest absolute Gasteiger partial charge is 0.381 e. The molecule has 0 unspecified atom stereocenters. The van der Waals surface area contributed by atoms with Crippen LogP contribution in [0.1, 0.15) is 34.3 Å². The number of nitrogens with one attached hydrogen (secondary N) is 1. The first-order valence-corrected chi connectivity index (χ1v) is 8.31. The standard InChI is InChI=1S/C20H24N2O/c1-15-10-11-18(13-16(15)2)21-19-9-6-12-22(14-19)20(23)17-7-4-3-5-8-17/h3-5,7-8,10-11,13,19,21H,6,9,12,14H2,1-2H3/t19-/m1/s1. The van der Waals surface area contributed by atoms with Gasteiger partial charge in [-0.1, -0.05) is 24.3 Å². The summed E-state index contributed by atoms with van der Waals surface area (Å²) in [6, 6.07) is 16.3. The minimum absolute atomic E-state index is 0.136. The fourth-order valence-corrected chi connectivity index (χ4v) is 3.11. The van der Waals surface area contributed by atoms with Crippen molar-refractivity contribution < 1.29 is 4.79 Å². The smallest absolute Gasteiger partial charge is 0.253 e. The highest BCUT2D eigenvalue weighted by Crippen LogP contribution is 2.20. The number of carbonyl (C=O) groups excluding carboxylic acids is 1. The van der Waals surface area contributed by atoms with E-state index in [0.717, 1.165) is 37.2 Å². The van der Waals surface area contributed by atoms with Crippen molar-refractivity contribution >= 4 is 11.6 Å². The summed E-state index contributed by atoms with van der Waals surface area (Å²) in [7, 11) is 0. The minimum atomic E-state index is 0.136. The van der Waals surface area contributed by atoms with Crippen molar-refractivity contribution in [1.82, 2.24) is 4.90 Å². The van der Waals surface area contributed by atoms with Gasteiger partial charge in [-0.05, 0) is 62.1 Å². The van der Waals surface area contributed by atoms with Gasteiger partial charge in [0.05, 0.1) is 0 Å². The van der Waals surface area contributed by atoms with Crippen LogP contribution in [0.2, 0.25) is 0 Å². The first-order valence-electron chi connectivity index (χ1n) is 8.31. The number of piperidine rings is 1. The second kappa shape index (κ2) is 6.86. The average molecular weight is 308 g/mol. The lowest BCUT2D eigenvalue weighted by molar-refractivity contribution is 0.0715. The van der Waals surface area contributed by atoms with Crippen molar-refractivity contribution in [3.8, 4) is 0 Å². The predicted molar refractivity (Wildman–Crippen MR) is 94.9 cm³/mol. The van der Waals surface area contributed by atoms with Crippen LogP contribution in [0.4, 0.5) is 5.69 Å². The molecule has 1 saturated heterocycles. The molecule has 1 heterocycles. The maximum Gasteiger partial charge on any atom is 0.253 e. The molecule has 1 aliphatic rings. The molecule has 120 valence electrons. The maximum absolute atomic E-state index is 12.6. The fraction of sp³-hybridized carbons (Fsp3) is 0.350. The molecule has 0 spiro atoms. The van der Waals surface area contributed by atoms with Crippen LogP contribution >= 0.6 is 0 Å². The summed E-state index contributed by atoms with van der Waals surface area (Å²) >= 11 is 0. The summed E-state index contributed by atoms with van der Waals surface area (Å²) in [5.74, 6) is 0.136. The Morgan fingerprint density at radius 3 is 2.61 bits per heavy atom. The normalized spacial score (nSPS) is 17.8. The molecule has 1 atom stereocenters. The fourth-order valence-electron chi connectivity index (χ4n) is 3.11. The van der Waals surface area contributed by atoms with Gasteiger partial charge in [-0.3, -0.25) is 4.79 Å². The number of hydrogen-bond acceptors (Lipinski definition) is 2. The van der Waals surface area contributed by atoms with Gasteiger partial charge >= 0.3 is 0 Å². The number of anilines is 1. The van der Waals surface area contributed by atoms with E-state index in [1.807, 2.05) is 35.2 Å². The van der Waals surface area contributed by atoms with Crippen molar-refractivity contribution in [2.24, 2.45) is 0 Å². The highest BCUT2D eigenvalue weighted by atomic mass is 16.2. The first kappa shape index (κ1) is 15.6. The van der Waals surface area contributed by atoms with Gasteiger partial charge in [0.1, 0.15) is 0 Å². The quantitative estimate of drug-likeness (QED) is 0.929. The van der Waals surface area contributed by atoms with Crippen LogP contribution in [0.3, 0.4) is 0 Å². The Labute approximate surface area is 138 Å². The molecule has 1 aliphatic heterocycles. The van der Waals surface area contributed by atoms with E-state index < -0.39 is 0 Å². The summed E-state index contributed by atoms with van der Waals surface area (Å²) in [4.78, 5) is 14.6. The molecule has 2 aromatic rings. The topological polar surface area (TPSA) is 32.3 Å². The van der Waals surface area contributed by atoms with E-state index in [4.69, 9.17) is 0 Å². The molecule has 0 aliphatic carbocycles. The van der Waals surface area contributed by atoms with Gasteiger partial charge in [0.25, 0.3) is 5.91 Å². The van der Waals surface area contributed by atoms with E-state index in [0.29, 0.717) is 6.04 Å². The van der Waals surface area contributed by atoms with E-state index in [9.17, 15) is 4.79 Å². The molecule has 2 aromatic carbocycles. The molecule has 3 rings (SSSR count). The molecule has 1 amide bonds. The van der Waals surface area contributed by atoms with Gasteiger partial charge in [0.2, 0.25) is 0 Å². The first-order chi connectivity index (χ1) is 11.1. The molecule has 1 N–H and O–H groups in total. The average Bonchev–Trinajstić information content (AvgIpc) is 2.58. The zero-order valence-electron chi connectivity index (χ0n) is 13.9. The van der Waals surface area contributed by atoms with E-state index in [1.165, 1.54) is 11.1 Å². The van der Waals surface area contributed by atoms with Gasteiger partial charge in [-0.2, -0.15) is 0 Å². The summed E-state index contributed by atoms with van der Waals surface area (Å²) in [6.07, 6.45) is 2.15. The zero-order valence-corrected chi connectivity index (χ0v) is 13.9. The van der Waals surface area contributed by atoms with E-state index in [-0.39, 0.29) is 5.91 Å². The lowest BCUT2D eigenvalue weighted by atomic mass is 10.0. The molecule has 0 aromatic heterocycles. The van der Waals surface area contributed by atoms with E-state index in [2.05, 4.69) is 37.4 Å². The second-order valence-electron chi connectivity index (χ2n) is 6.40. The SMILES string of the molecule is Cc1ccc(N[C@@H]2CCCN(C(=O)c3ccccc3)C2)cc1C. The summed E-state index contributed by atoms with van der Waals surface area (Å²) in [5, 5.41) is 3.59. The Balaban J connectivity index is 1.66. The van der Waals surface area contributed by atoms with Gasteiger partial charge in [0.15, 0.2) is 0 Å². The summed E-state index contributed by atoms with van der Waals surface area (Å²) in [5.41, 5.74) is 4.52. The molecular weight excluding hydrogens is 284 g/mol. The number of hydrogen-bond donors (Lipinski definition) is 1. The highest BCUT2D eigenvalue weighted by Gasteiger charge is 2.24. The van der Waals surface area contributed by atoms with E-state index >= 15 is 0 Å². The van der Waals surface area contributed by atoms with Crippen molar-refractivity contribution in [3.05, 3.63) is 65.2 Å². The minimum Gasteiger partial charge on any atom is -0.381 e. The number of carbonyl (C=O) groups is 1. The Bertz CT molecular complexity index is 681. The molecule has 0 bridgehead atoms. The molecule has 3 nitrogen and oxygen atoms in total. The third kappa shape index (κ3) is 3.73. The number of likely N-dealkylation sites (tertiary alicyclic amines) is 1. The molecule has 23 heavy (non-hydrogen) atoms. The van der Waals surface area contributed by atoms with Crippen LogP contribution < -0.4 is 5.32 Å². The Hall–Kier alpha value is -2.29. The van der Waals surface area contributed by atoms with Gasteiger partial charge in [-0.15, -0.1) is 0 Å². The Morgan fingerprint density at radius 1 is 1.09 bits per heavy atom. The van der Waals surface area contributed by atoms with Gasteiger partial charge in [0, 0.05) is 30.4 Å². The third-order valence-corrected chi connectivity index (χ3v) is 4.61. The molecule has 1 fully saturated rings. The van der Waals surface area contributed by atoms with Crippen molar-refractivity contribution in [1.29, 1.82) is 0 Å². The van der Waals surface area contributed by atoms with Crippen LogP contribution in [-0.2, 0) is 0 Å². The lowest BCUT2D eigenvalue weighted by Gasteiger charge is -2.34. The highest BCUT2D eigenvalue weighted by molar-refractivity contribution is 5.94. The summed E-state index contributed by atoms with van der Waals surface area (Å²) in [6.45, 7) is 5.87. The summed E-state index contributed by atoms with van der Waals surface area (Å²) < 4.78 is 0. The predicted octanol–water partition coefficient (Wildman–Crippen LogP) is 4.02. The van der Waals surface area contributed by atoms with Crippen LogP contribution in [0.25, 0.3) is 0 Å². The number of aryl methyl sites for hydroxylation is 2. The number of amides is 1.